The number of hydrogen-bond acceptors (Lipinski definition) is 7. The fourth-order valence-electron chi connectivity index (χ4n) is 6.04. The molecule has 4 aliphatic rings. The van der Waals surface area contributed by atoms with Gasteiger partial charge in [0.25, 0.3) is 5.91 Å². The predicted octanol–water partition coefficient (Wildman–Crippen LogP) is 4.11. The third kappa shape index (κ3) is 4.05. The van der Waals surface area contributed by atoms with Gasteiger partial charge in [0.05, 0.1) is 23.1 Å². The van der Waals surface area contributed by atoms with Gasteiger partial charge in [-0.15, -0.1) is 0 Å². The van der Waals surface area contributed by atoms with Crippen LogP contribution >= 0.6 is 0 Å². The third-order valence-electron chi connectivity index (χ3n) is 8.44. The lowest BCUT2D eigenvalue weighted by molar-refractivity contribution is 0.0952. The Morgan fingerprint density at radius 1 is 0.974 bits per heavy atom. The molecular weight excluding hydrogens is 481 g/mol. The number of anilines is 4. The first-order valence-corrected chi connectivity index (χ1v) is 13.6. The normalized spacial score (nSPS) is 20.1. The summed E-state index contributed by atoms with van der Waals surface area (Å²) in [5, 5.41) is 6.50. The minimum atomic E-state index is -0.513. The van der Waals surface area contributed by atoms with Gasteiger partial charge in [-0.2, -0.15) is 0 Å². The highest BCUT2D eigenvalue weighted by Gasteiger charge is 2.52. The number of nitrogens with zero attached hydrogens (tertiary/aromatic N) is 5. The van der Waals surface area contributed by atoms with E-state index in [1.807, 2.05) is 12.1 Å². The Morgan fingerprint density at radius 2 is 1.76 bits per heavy atom. The van der Waals surface area contributed by atoms with Gasteiger partial charge in [-0.3, -0.25) is 4.79 Å². The summed E-state index contributed by atoms with van der Waals surface area (Å²) in [7, 11) is 2.15. The molecule has 0 bridgehead atoms. The van der Waals surface area contributed by atoms with Crippen LogP contribution in [0.3, 0.4) is 0 Å². The quantitative estimate of drug-likeness (QED) is 0.532. The van der Waals surface area contributed by atoms with E-state index in [1.165, 1.54) is 19.0 Å². The zero-order valence-electron chi connectivity index (χ0n) is 21.6. The lowest BCUT2D eigenvalue weighted by atomic mass is 9.99. The van der Waals surface area contributed by atoms with Crippen molar-refractivity contribution >= 4 is 28.9 Å². The topological polar surface area (TPSA) is 76.6 Å². The number of halogens is 1. The molecule has 9 heteroatoms. The van der Waals surface area contributed by atoms with Gasteiger partial charge in [-0.1, -0.05) is 12.1 Å². The van der Waals surface area contributed by atoms with Crippen molar-refractivity contribution in [2.24, 2.45) is 0 Å². The first kappa shape index (κ1) is 23.4. The van der Waals surface area contributed by atoms with Crippen LogP contribution in [-0.4, -0.2) is 67.1 Å². The van der Waals surface area contributed by atoms with E-state index in [0.717, 1.165) is 74.7 Å². The molecule has 0 unspecified atom stereocenters. The van der Waals surface area contributed by atoms with E-state index in [0.29, 0.717) is 17.1 Å². The summed E-state index contributed by atoms with van der Waals surface area (Å²) >= 11 is 0. The molecule has 1 aromatic heterocycles. The maximum absolute atomic E-state index is 15.0. The summed E-state index contributed by atoms with van der Waals surface area (Å²) in [5.41, 5.74) is 5.37. The maximum Gasteiger partial charge on any atom is 0.252 e. The van der Waals surface area contributed by atoms with Gasteiger partial charge in [0.15, 0.2) is 5.82 Å². The van der Waals surface area contributed by atoms with Gasteiger partial charge < -0.3 is 25.3 Å². The molecule has 196 valence electrons. The number of benzene rings is 2. The van der Waals surface area contributed by atoms with Crippen LogP contribution in [-0.2, 0) is 5.54 Å². The van der Waals surface area contributed by atoms with Crippen LogP contribution in [0.15, 0.2) is 42.6 Å². The zero-order valence-corrected chi connectivity index (χ0v) is 21.6. The van der Waals surface area contributed by atoms with Crippen molar-refractivity contribution in [2.75, 3.05) is 61.4 Å². The molecule has 1 aliphatic carbocycles. The van der Waals surface area contributed by atoms with Crippen molar-refractivity contribution in [1.29, 1.82) is 0 Å². The average molecular weight is 514 g/mol. The second-order valence-corrected chi connectivity index (χ2v) is 11.0. The first-order valence-electron chi connectivity index (χ1n) is 13.6. The number of nitrogens with one attached hydrogen (secondary N) is 2. The summed E-state index contributed by atoms with van der Waals surface area (Å²) < 4.78 is 15.0. The fourth-order valence-corrected chi connectivity index (χ4v) is 6.04. The van der Waals surface area contributed by atoms with Gasteiger partial charge in [0.2, 0.25) is 5.95 Å². The number of hydrogen-bond donors (Lipinski definition) is 2. The average Bonchev–Trinajstić information content (AvgIpc) is 3.38. The van der Waals surface area contributed by atoms with Gasteiger partial charge in [-0.25, -0.2) is 14.4 Å². The van der Waals surface area contributed by atoms with Gasteiger partial charge in [0, 0.05) is 56.1 Å². The maximum atomic E-state index is 15.0. The summed E-state index contributed by atoms with van der Waals surface area (Å²) in [4.78, 5) is 28.6. The third-order valence-corrected chi connectivity index (χ3v) is 8.44. The van der Waals surface area contributed by atoms with Crippen LogP contribution in [0, 0.1) is 5.82 Å². The second-order valence-electron chi connectivity index (χ2n) is 11.0. The van der Waals surface area contributed by atoms with E-state index < -0.39 is 5.82 Å². The number of aromatic nitrogens is 2. The molecule has 3 aromatic rings. The summed E-state index contributed by atoms with van der Waals surface area (Å²) in [5.74, 6) is -0.273. The van der Waals surface area contributed by atoms with E-state index in [-0.39, 0.29) is 17.1 Å². The molecule has 0 radical (unpaired) electrons. The Kier molecular flexibility index (Phi) is 5.51. The molecular formula is C29H32FN7O. The largest absolute Gasteiger partial charge is 0.370 e. The number of carbonyl (C=O) groups excluding carboxylic acids is 1. The molecule has 8 nitrogen and oxygen atoms in total. The molecule has 2 saturated heterocycles. The standard InChI is InChI=1S/C29H32FN7O/c1-35-12-14-36(15-13-35)20-5-7-25(37-10-2-3-11-37)24(17-20)32-28-31-18-23(30)26(33-28)19-4-6-22-21(16-19)27(38)34-29(22)8-9-29/h4-7,16-18H,2-3,8-15H2,1H3,(H,34,38)(H,31,32,33). The van der Waals surface area contributed by atoms with Crippen LogP contribution in [0.1, 0.15) is 41.6 Å². The van der Waals surface area contributed by atoms with Gasteiger partial charge in [0.1, 0.15) is 5.69 Å². The van der Waals surface area contributed by atoms with Crippen LogP contribution in [0.25, 0.3) is 11.3 Å². The highest BCUT2D eigenvalue weighted by atomic mass is 19.1. The summed E-state index contributed by atoms with van der Waals surface area (Å²) in [6.45, 7) is 6.03. The number of piperazine rings is 1. The molecule has 0 atom stereocenters. The minimum absolute atomic E-state index is 0.0943. The van der Waals surface area contributed by atoms with Crippen molar-refractivity contribution < 1.29 is 9.18 Å². The Bertz CT molecular complexity index is 1410. The van der Waals surface area contributed by atoms with Crippen LogP contribution in [0.4, 0.5) is 27.4 Å². The zero-order chi connectivity index (χ0) is 25.9. The molecule has 1 spiro atoms. The van der Waals surface area contributed by atoms with E-state index in [2.05, 4.69) is 60.5 Å². The van der Waals surface area contributed by atoms with E-state index in [4.69, 9.17) is 0 Å². The Hall–Kier alpha value is -3.72. The number of amides is 1. The van der Waals surface area contributed by atoms with E-state index in [9.17, 15) is 9.18 Å². The Labute approximate surface area is 221 Å². The minimum Gasteiger partial charge on any atom is -0.370 e. The van der Waals surface area contributed by atoms with Gasteiger partial charge >= 0.3 is 0 Å². The molecule has 3 fully saturated rings. The highest BCUT2D eigenvalue weighted by Crippen LogP contribution is 2.50. The molecule has 2 aromatic carbocycles. The highest BCUT2D eigenvalue weighted by molar-refractivity contribution is 6.01. The SMILES string of the molecule is CN1CCN(c2ccc(N3CCCC3)c(Nc3ncc(F)c(-c4ccc5c(c4)C(=O)NC54CC4)n3)c2)CC1. The molecule has 1 saturated carbocycles. The number of rotatable bonds is 5. The van der Waals surface area contributed by atoms with E-state index >= 15 is 0 Å². The number of fused-ring (bicyclic) bond motifs is 2. The molecule has 2 N–H and O–H groups in total. The molecule has 4 heterocycles. The number of carbonyl (C=O) groups is 1. The Morgan fingerprint density at radius 3 is 2.53 bits per heavy atom. The van der Waals surface area contributed by atoms with E-state index in [1.54, 1.807) is 6.07 Å². The lowest BCUT2D eigenvalue weighted by Gasteiger charge is -2.34. The van der Waals surface area contributed by atoms with Crippen LogP contribution in [0.5, 0.6) is 0 Å². The van der Waals surface area contributed by atoms with Crippen molar-refractivity contribution in [3.05, 3.63) is 59.5 Å². The molecule has 7 rings (SSSR count). The smallest absolute Gasteiger partial charge is 0.252 e. The monoisotopic (exact) mass is 513 g/mol. The van der Waals surface area contributed by atoms with Crippen LogP contribution in [0.2, 0.25) is 0 Å². The van der Waals surface area contributed by atoms with Gasteiger partial charge in [-0.05, 0) is 62.6 Å². The fraction of sp³-hybridized carbons (Fsp3) is 0.414. The van der Waals surface area contributed by atoms with Crippen molar-refractivity contribution in [1.82, 2.24) is 20.2 Å². The molecule has 3 aliphatic heterocycles. The summed E-state index contributed by atoms with van der Waals surface area (Å²) in [6.07, 6.45) is 5.45. The number of likely N-dealkylation sites (N-methyl/N-ethyl adjacent to an activating group) is 1. The van der Waals surface area contributed by atoms with Crippen LogP contribution < -0.4 is 20.4 Å². The summed E-state index contributed by atoms with van der Waals surface area (Å²) in [6, 6.07) is 12.1. The molecule has 1 amide bonds. The predicted molar refractivity (Wildman–Crippen MR) is 147 cm³/mol. The first-order chi connectivity index (χ1) is 18.5. The second kappa shape index (κ2) is 8.94. The van der Waals surface area contributed by atoms with Crippen molar-refractivity contribution in [2.45, 2.75) is 31.2 Å². The van der Waals surface area contributed by atoms with Crippen molar-refractivity contribution in [3.63, 3.8) is 0 Å². The van der Waals surface area contributed by atoms with Crippen molar-refractivity contribution in [3.8, 4) is 11.3 Å². The molecule has 38 heavy (non-hydrogen) atoms. The lowest BCUT2D eigenvalue weighted by Crippen LogP contribution is -2.44. The Balaban J connectivity index is 1.22.